The first kappa shape index (κ1) is 12.1. The van der Waals surface area contributed by atoms with Crippen LogP contribution >= 0.6 is 8.25 Å². The zero-order valence-electron chi connectivity index (χ0n) is 8.18. The van der Waals surface area contributed by atoms with Crippen molar-refractivity contribution in [2.75, 3.05) is 6.61 Å². The van der Waals surface area contributed by atoms with E-state index in [1.54, 1.807) is 0 Å². The van der Waals surface area contributed by atoms with Gasteiger partial charge in [0.2, 0.25) is 0 Å². The summed E-state index contributed by atoms with van der Waals surface area (Å²) in [6.45, 7) is -0.277. The molecule has 1 unspecified atom stereocenters. The largest absolute Gasteiger partial charge is 0.326 e. The number of aryl methyl sites for hydroxylation is 1. The van der Waals surface area contributed by atoms with Gasteiger partial charge in [0.15, 0.2) is 5.78 Å². The van der Waals surface area contributed by atoms with Crippen molar-refractivity contribution in [3.05, 3.63) is 35.9 Å². The number of ketones is 1. The Morgan fingerprint density at radius 1 is 1.33 bits per heavy atom. The summed E-state index contributed by atoms with van der Waals surface area (Å²) in [4.78, 5) is 19.5. The summed E-state index contributed by atoms with van der Waals surface area (Å²) >= 11 is 0. The SMILES string of the molecule is O=C(CCc1ccccc1)CO[PH](=O)O. The van der Waals surface area contributed by atoms with Crippen molar-refractivity contribution in [3.8, 4) is 0 Å². The van der Waals surface area contributed by atoms with Crippen molar-refractivity contribution in [2.24, 2.45) is 0 Å². The number of rotatable bonds is 6. The number of hydrogen-bond donors (Lipinski definition) is 1. The Morgan fingerprint density at radius 3 is 2.60 bits per heavy atom. The van der Waals surface area contributed by atoms with Gasteiger partial charge in [-0.05, 0) is 12.0 Å². The van der Waals surface area contributed by atoms with Crippen LogP contribution in [-0.4, -0.2) is 17.3 Å². The fraction of sp³-hybridized carbons (Fsp3) is 0.300. The lowest BCUT2D eigenvalue weighted by Gasteiger charge is -2.00. The Hall–Kier alpha value is -0.960. The Bertz CT molecular complexity index is 337. The number of carbonyl (C=O) groups excluding carboxylic acids is 1. The summed E-state index contributed by atoms with van der Waals surface area (Å²) in [5.41, 5.74) is 1.07. The lowest BCUT2D eigenvalue weighted by Crippen LogP contribution is -2.06. The fourth-order valence-electron chi connectivity index (χ4n) is 1.14. The van der Waals surface area contributed by atoms with Crippen LogP contribution < -0.4 is 0 Å². The molecule has 1 aromatic rings. The summed E-state index contributed by atoms with van der Waals surface area (Å²) in [7, 11) is -2.98. The maximum Gasteiger partial charge on any atom is 0.317 e. The average Bonchev–Trinajstić information content (AvgIpc) is 2.25. The minimum Gasteiger partial charge on any atom is -0.326 e. The van der Waals surface area contributed by atoms with E-state index in [2.05, 4.69) is 4.52 Å². The Balaban J connectivity index is 2.26. The quantitative estimate of drug-likeness (QED) is 0.751. The minimum absolute atomic E-state index is 0.161. The van der Waals surface area contributed by atoms with Crippen LogP contribution in [0.3, 0.4) is 0 Å². The monoisotopic (exact) mass is 228 g/mol. The molecule has 4 nitrogen and oxygen atoms in total. The number of hydrogen-bond acceptors (Lipinski definition) is 3. The van der Waals surface area contributed by atoms with Crippen molar-refractivity contribution in [2.45, 2.75) is 12.8 Å². The summed E-state index contributed by atoms with van der Waals surface area (Å²) in [5.74, 6) is -0.161. The molecule has 0 amide bonds. The molecule has 0 bridgehead atoms. The molecule has 0 aliphatic heterocycles. The molecular weight excluding hydrogens is 215 g/mol. The van der Waals surface area contributed by atoms with Crippen molar-refractivity contribution in [1.29, 1.82) is 0 Å². The number of benzene rings is 1. The van der Waals surface area contributed by atoms with Gasteiger partial charge in [0, 0.05) is 6.42 Å². The normalized spacial score (nSPS) is 12.3. The molecule has 0 radical (unpaired) electrons. The van der Waals surface area contributed by atoms with E-state index < -0.39 is 8.25 Å². The average molecular weight is 228 g/mol. The summed E-state index contributed by atoms with van der Waals surface area (Å²) in [5, 5.41) is 0. The van der Waals surface area contributed by atoms with Crippen molar-refractivity contribution in [1.82, 2.24) is 0 Å². The fourth-order valence-corrected chi connectivity index (χ4v) is 1.43. The van der Waals surface area contributed by atoms with Crippen LogP contribution in [0.2, 0.25) is 0 Å². The summed E-state index contributed by atoms with van der Waals surface area (Å²) in [6.07, 6.45) is 0.967. The topological polar surface area (TPSA) is 63.6 Å². The lowest BCUT2D eigenvalue weighted by molar-refractivity contribution is -0.121. The molecule has 0 spiro atoms. The van der Waals surface area contributed by atoms with E-state index in [1.165, 1.54) is 0 Å². The minimum atomic E-state index is -2.98. The maximum atomic E-state index is 11.2. The van der Waals surface area contributed by atoms with Gasteiger partial charge in [-0.25, -0.2) is 0 Å². The second kappa shape index (κ2) is 6.51. The molecule has 1 N–H and O–H groups in total. The number of carbonyl (C=O) groups is 1. The maximum absolute atomic E-state index is 11.2. The van der Waals surface area contributed by atoms with Crippen molar-refractivity contribution >= 4 is 14.0 Å². The summed E-state index contributed by atoms with van der Waals surface area (Å²) in [6, 6.07) is 9.59. The van der Waals surface area contributed by atoms with Gasteiger partial charge in [-0.1, -0.05) is 30.3 Å². The Labute approximate surface area is 88.8 Å². The van der Waals surface area contributed by atoms with Crippen LogP contribution in [0.15, 0.2) is 30.3 Å². The highest BCUT2D eigenvalue weighted by Crippen LogP contribution is 2.14. The van der Waals surface area contributed by atoms with Gasteiger partial charge in [-0.15, -0.1) is 0 Å². The van der Waals surface area contributed by atoms with Gasteiger partial charge < -0.3 is 9.42 Å². The van der Waals surface area contributed by atoms with Gasteiger partial charge in [-0.3, -0.25) is 9.36 Å². The van der Waals surface area contributed by atoms with E-state index in [4.69, 9.17) is 4.89 Å². The summed E-state index contributed by atoms with van der Waals surface area (Å²) < 4.78 is 14.5. The van der Waals surface area contributed by atoms with E-state index in [9.17, 15) is 9.36 Å². The molecule has 0 saturated heterocycles. The van der Waals surface area contributed by atoms with Crippen LogP contribution in [0.1, 0.15) is 12.0 Å². The molecule has 15 heavy (non-hydrogen) atoms. The van der Waals surface area contributed by atoms with Gasteiger partial charge in [0.05, 0.1) is 0 Å². The molecule has 0 heterocycles. The predicted octanol–water partition coefficient (Wildman–Crippen LogP) is 1.59. The third-order valence-electron chi connectivity index (χ3n) is 1.89. The second-order valence-electron chi connectivity index (χ2n) is 3.08. The van der Waals surface area contributed by atoms with Crippen LogP contribution in [0.4, 0.5) is 0 Å². The van der Waals surface area contributed by atoms with E-state index in [-0.39, 0.29) is 12.4 Å². The Kier molecular flexibility index (Phi) is 5.26. The van der Waals surface area contributed by atoms with Crippen molar-refractivity contribution < 1.29 is 18.8 Å². The van der Waals surface area contributed by atoms with E-state index in [0.29, 0.717) is 12.8 Å². The van der Waals surface area contributed by atoms with Crippen LogP contribution in [0.25, 0.3) is 0 Å². The van der Waals surface area contributed by atoms with Gasteiger partial charge in [-0.2, -0.15) is 0 Å². The molecule has 1 rings (SSSR count). The molecule has 5 heteroatoms. The zero-order valence-corrected chi connectivity index (χ0v) is 9.18. The highest BCUT2D eigenvalue weighted by atomic mass is 31.1. The van der Waals surface area contributed by atoms with Crippen molar-refractivity contribution in [3.63, 3.8) is 0 Å². The number of Topliss-reactive ketones (excluding diaryl/α,β-unsaturated/α-hetero) is 1. The molecule has 0 aliphatic rings. The molecule has 1 aromatic carbocycles. The van der Waals surface area contributed by atoms with Crippen LogP contribution in [0.5, 0.6) is 0 Å². The van der Waals surface area contributed by atoms with E-state index >= 15 is 0 Å². The van der Waals surface area contributed by atoms with Crippen LogP contribution in [0, 0.1) is 0 Å². The zero-order chi connectivity index (χ0) is 11.1. The first-order valence-electron chi connectivity index (χ1n) is 4.60. The third kappa shape index (κ3) is 5.47. The van der Waals surface area contributed by atoms with Gasteiger partial charge in [0.1, 0.15) is 6.61 Å². The first-order chi connectivity index (χ1) is 7.18. The molecule has 0 aliphatic carbocycles. The molecule has 0 saturated carbocycles. The lowest BCUT2D eigenvalue weighted by atomic mass is 10.1. The second-order valence-corrected chi connectivity index (χ2v) is 3.90. The molecule has 0 aromatic heterocycles. The smallest absolute Gasteiger partial charge is 0.317 e. The molecule has 1 atom stereocenters. The Morgan fingerprint density at radius 2 is 2.00 bits per heavy atom. The molecular formula is C10H13O4P. The van der Waals surface area contributed by atoms with Crippen LogP contribution in [-0.2, 0) is 20.3 Å². The first-order valence-corrected chi connectivity index (χ1v) is 5.86. The van der Waals surface area contributed by atoms with E-state index in [1.807, 2.05) is 30.3 Å². The predicted molar refractivity (Wildman–Crippen MR) is 56.9 cm³/mol. The van der Waals surface area contributed by atoms with Gasteiger partial charge in [0.25, 0.3) is 0 Å². The highest BCUT2D eigenvalue weighted by molar-refractivity contribution is 7.32. The standard InChI is InChI=1S/C10H13O4P/c11-10(8-14-15(12)13)7-6-9-4-2-1-3-5-9/h1-5,15H,6-8H2,(H,12,13). The third-order valence-corrected chi connectivity index (χ3v) is 2.28. The van der Waals surface area contributed by atoms with Gasteiger partial charge >= 0.3 is 8.25 Å². The molecule has 82 valence electrons. The highest BCUT2D eigenvalue weighted by Gasteiger charge is 2.04. The van der Waals surface area contributed by atoms with E-state index in [0.717, 1.165) is 5.56 Å². The molecule has 0 fully saturated rings.